The van der Waals surface area contributed by atoms with Crippen molar-refractivity contribution >= 4 is 11.9 Å². The van der Waals surface area contributed by atoms with Crippen molar-refractivity contribution in [1.29, 1.82) is 0 Å². The van der Waals surface area contributed by atoms with Gasteiger partial charge in [-0.25, -0.2) is 4.79 Å². The Morgan fingerprint density at radius 2 is 1.93 bits per heavy atom. The van der Waals surface area contributed by atoms with Crippen molar-refractivity contribution in [2.75, 3.05) is 66.3 Å². The molecule has 10 nitrogen and oxygen atoms in total. The van der Waals surface area contributed by atoms with Crippen molar-refractivity contribution in [3.63, 3.8) is 0 Å². The summed E-state index contributed by atoms with van der Waals surface area (Å²) in [5.74, 6) is -0.137. The van der Waals surface area contributed by atoms with Crippen LogP contribution in [0.2, 0.25) is 0 Å². The van der Waals surface area contributed by atoms with E-state index in [2.05, 4.69) is 10.3 Å². The summed E-state index contributed by atoms with van der Waals surface area (Å²) in [5, 5.41) is 3.74. The number of morpholine rings is 1. The first kappa shape index (κ1) is 28.6. The Morgan fingerprint density at radius 1 is 1.12 bits per heavy atom. The number of hydrogen-bond donors (Lipinski definition) is 1. The van der Waals surface area contributed by atoms with Crippen LogP contribution in [0.15, 0.2) is 12.3 Å². The summed E-state index contributed by atoms with van der Waals surface area (Å²) >= 11 is 0. The Bertz CT molecular complexity index is 1150. The predicted octanol–water partition coefficient (Wildman–Crippen LogP) is 1.91. The first-order chi connectivity index (χ1) is 19.7. The van der Waals surface area contributed by atoms with Crippen LogP contribution in [0.1, 0.15) is 36.1 Å². The van der Waals surface area contributed by atoms with Crippen LogP contribution in [-0.2, 0) is 38.1 Å². The Kier molecular flexibility index (Phi) is 7.90. The van der Waals surface area contributed by atoms with E-state index in [-0.39, 0.29) is 42.6 Å². The van der Waals surface area contributed by atoms with Gasteiger partial charge in [-0.2, -0.15) is 13.2 Å². The molecule has 1 aliphatic carbocycles. The average molecular weight is 582 g/mol. The van der Waals surface area contributed by atoms with Crippen LogP contribution in [-0.4, -0.2) is 116 Å². The van der Waals surface area contributed by atoms with E-state index in [9.17, 15) is 22.8 Å². The molecular weight excluding hydrogens is 543 g/mol. The Labute approximate surface area is 237 Å². The third kappa shape index (κ3) is 5.53. The summed E-state index contributed by atoms with van der Waals surface area (Å²) in [5.41, 5.74) is -0.578. The molecule has 5 aliphatic rings. The predicted molar refractivity (Wildman–Crippen MR) is 140 cm³/mol. The second kappa shape index (κ2) is 11.3. The molecule has 0 bridgehead atoms. The zero-order valence-electron chi connectivity index (χ0n) is 23.3. The minimum Gasteiger partial charge on any atom is -0.379 e. The van der Waals surface area contributed by atoms with Crippen molar-refractivity contribution in [3.8, 4) is 0 Å². The second-order valence-electron chi connectivity index (χ2n) is 12.0. The molecule has 4 aliphatic heterocycles. The van der Waals surface area contributed by atoms with E-state index in [4.69, 9.17) is 14.2 Å². The minimum absolute atomic E-state index is 0.0562. The minimum atomic E-state index is -4.50. The number of nitrogens with one attached hydrogen (secondary N) is 1. The van der Waals surface area contributed by atoms with Gasteiger partial charge in [-0.15, -0.1) is 0 Å². The highest BCUT2D eigenvalue weighted by molar-refractivity contribution is 5.86. The number of likely N-dealkylation sites (tertiary alicyclic amines) is 1. The zero-order chi connectivity index (χ0) is 28.8. The van der Waals surface area contributed by atoms with Gasteiger partial charge in [0.25, 0.3) is 0 Å². The third-order valence-electron chi connectivity index (χ3n) is 9.56. The number of hydrogen-bond acceptors (Lipinski definition) is 7. The van der Waals surface area contributed by atoms with Gasteiger partial charge < -0.3 is 34.2 Å². The number of urea groups is 1. The van der Waals surface area contributed by atoms with Gasteiger partial charge in [-0.3, -0.25) is 9.78 Å². The van der Waals surface area contributed by atoms with Gasteiger partial charge in [0, 0.05) is 83.4 Å². The van der Waals surface area contributed by atoms with E-state index in [1.807, 2.05) is 0 Å². The van der Waals surface area contributed by atoms with Crippen molar-refractivity contribution in [2.45, 2.75) is 56.6 Å². The van der Waals surface area contributed by atoms with Crippen LogP contribution in [0.25, 0.3) is 0 Å². The fraction of sp³-hybridized carbons (Fsp3) is 0.750. The summed E-state index contributed by atoms with van der Waals surface area (Å²) in [6.07, 6.45) is -1.22. The summed E-state index contributed by atoms with van der Waals surface area (Å²) in [7, 11) is 1.67. The molecule has 1 saturated carbocycles. The van der Waals surface area contributed by atoms with Gasteiger partial charge in [0.2, 0.25) is 5.91 Å². The van der Waals surface area contributed by atoms with Crippen LogP contribution in [0.3, 0.4) is 0 Å². The maximum atomic E-state index is 14.4. The quantitative estimate of drug-likeness (QED) is 0.581. The number of rotatable bonds is 4. The van der Waals surface area contributed by atoms with Crippen LogP contribution in [0, 0.1) is 11.3 Å². The van der Waals surface area contributed by atoms with Gasteiger partial charge in [0.15, 0.2) is 0 Å². The number of methoxy groups -OCH3 is 1. The van der Waals surface area contributed by atoms with Crippen molar-refractivity contribution in [1.82, 2.24) is 25.0 Å². The van der Waals surface area contributed by atoms with E-state index in [0.29, 0.717) is 83.3 Å². The number of alkyl halides is 3. The number of ether oxygens (including phenoxy) is 3. The van der Waals surface area contributed by atoms with Crippen LogP contribution in [0.4, 0.5) is 18.0 Å². The van der Waals surface area contributed by atoms with Crippen LogP contribution in [0.5, 0.6) is 0 Å². The number of fused-ring (bicyclic) bond motifs is 2. The molecule has 1 N–H and O–H groups in total. The lowest BCUT2D eigenvalue weighted by atomic mass is 9.78. The van der Waals surface area contributed by atoms with E-state index >= 15 is 0 Å². The molecule has 1 aromatic rings. The fourth-order valence-corrected chi connectivity index (χ4v) is 7.44. The molecule has 0 unspecified atom stereocenters. The average Bonchev–Trinajstić information content (AvgIpc) is 3.51. The third-order valence-corrected chi connectivity index (χ3v) is 9.56. The molecule has 0 aromatic carbocycles. The number of aromatic nitrogens is 1. The standard InChI is InChI=1S/C28H38F3N5O5/c1-39-24-16-41-7-3-23(24)33-21-11-20-15-36(26(38)34-5-8-40-9-6-34)17-27(20,12-21)25(37)35-4-2-22-18(14-35)10-19(13-32-22)28(29,30)31/h10,13,20-21,23-24,33H,2-9,11-12,14-17H2,1H3/t20-,21+,23-,24+,27-/m0/s1. The van der Waals surface area contributed by atoms with Gasteiger partial charge in [-0.1, -0.05) is 0 Å². The lowest BCUT2D eigenvalue weighted by Crippen LogP contribution is -2.53. The van der Waals surface area contributed by atoms with Gasteiger partial charge >= 0.3 is 12.2 Å². The number of carbonyl (C=O) groups excluding carboxylic acids is 2. The molecule has 3 saturated heterocycles. The van der Waals surface area contributed by atoms with E-state index in [0.717, 1.165) is 25.1 Å². The first-order valence-electron chi connectivity index (χ1n) is 14.5. The van der Waals surface area contributed by atoms with E-state index < -0.39 is 17.2 Å². The highest BCUT2D eigenvalue weighted by Gasteiger charge is 2.60. The fourth-order valence-electron chi connectivity index (χ4n) is 7.44. The molecular formula is C28H38F3N5O5. The molecule has 13 heteroatoms. The lowest BCUT2D eigenvalue weighted by molar-refractivity contribution is -0.143. The summed E-state index contributed by atoms with van der Waals surface area (Å²) in [6, 6.07) is 1.20. The highest BCUT2D eigenvalue weighted by atomic mass is 19.4. The molecule has 1 aromatic heterocycles. The molecule has 5 heterocycles. The molecule has 4 fully saturated rings. The number of nitrogens with zero attached hydrogens (tertiary/aromatic N) is 4. The molecule has 3 amide bonds. The van der Waals surface area contributed by atoms with Gasteiger partial charge in [0.1, 0.15) is 0 Å². The van der Waals surface area contributed by atoms with E-state index in [1.165, 1.54) is 0 Å². The zero-order valence-corrected chi connectivity index (χ0v) is 23.3. The maximum absolute atomic E-state index is 14.4. The second-order valence-corrected chi connectivity index (χ2v) is 12.0. The SMILES string of the molecule is CO[C@@H]1COCC[C@@H]1N[C@@H]1C[C@H]2CN(C(=O)N3CCOCC3)C[C@@]2(C(=O)N2CCc3ncc(C(F)(F)F)cc3C2)C1. The highest BCUT2D eigenvalue weighted by Crippen LogP contribution is 2.51. The molecule has 6 rings (SSSR count). The topological polar surface area (TPSA) is 96.5 Å². The molecule has 0 spiro atoms. The van der Waals surface area contributed by atoms with Crippen LogP contribution >= 0.6 is 0 Å². The monoisotopic (exact) mass is 581 g/mol. The Hall–Kier alpha value is -2.48. The number of pyridine rings is 1. The maximum Gasteiger partial charge on any atom is 0.417 e. The molecule has 0 radical (unpaired) electrons. The molecule has 5 atom stereocenters. The lowest BCUT2D eigenvalue weighted by Gasteiger charge is -2.38. The first-order valence-corrected chi connectivity index (χ1v) is 14.5. The molecule has 41 heavy (non-hydrogen) atoms. The normalized spacial score (nSPS) is 32.1. The van der Waals surface area contributed by atoms with Gasteiger partial charge in [0.05, 0.1) is 36.9 Å². The summed E-state index contributed by atoms with van der Waals surface area (Å²) < 4.78 is 56.8. The Morgan fingerprint density at radius 3 is 2.68 bits per heavy atom. The number of amides is 3. The molecule has 226 valence electrons. The van der Waals surface area contributed by atoms with E-state index in [1.54, 1.807) is 21.8 Å². The number of halogens is 3. The smallest absolute Gasteiger partial charge is 0.379 e. The summed E-state index contributed by atoms with van der Waals surface area (Å²) in [4.78, 5) is 37.2. The Balaban J connectivity index is 1.23. The largest absolute Gasteiger partial charge is 0.417 e. The van der Waals surface area contributed by atoms with Crippen molar-refractivity contribution in [2.24, 2.45) is 11.3 Å². The van der Waals surface area contributed by atoms with Gasteiger partial charge in [-0.05, 0) is 36.8 Å². The van der Waals surface area contributed by atoms with Crippen molar-refractivity contribution in [3.05, 3.63) is 29.1 Å². The van der Waals surface area contributed by atoms with Crippen molar-refractivity contribution < 1.29 is 37.0 Å². The number of carbonyl (C=O) groups is 2. The van der Waals surface area contributed by atoms with Crippen LogP contribution < -0.4 is 5.32 Å². The summed E-state index contributed by atoms with van der Waals surface area (Å²) in [6.45, 7) is 4.43.